The number of aryl methyl sites for hydroxylation is 2. The summed E-state index contributed by atoms with van der Waals surface area (Å²) in [5.74, 6) is 0.501. The first-order chi connectivity index (χ1) is 6.04. The lowest BCUT2D eigenvalue weighted by atomic mass is 10.2. The maximum absolute atomic E-state index is 6.97. The Morgan fingerprint density at radius 1 is 1.50 bits per heavy atom. The normalized spacial score (nSPS) is 19.4. The molecule has 0 saturated heterocycles. The summed E-state index contributed by atoms with van der Waals surface area (Å²) in [7, 11) is -2.33. The van der Waals surface area contributed by atoms with Gasteiger partial charge in [0.1, 0.15) is 5.75 Å². The summed E-state index contributed by atoms with van der Waals surface area (Å²) >= 11 is 0. The molecular weight excluding hydrogens is 124 g/mol. The van der Waals surface area contributed by atoms with E-state index in [0.29, 0.717) is 5.75 Å². The molecule has 0 N–H and O–H groups in total. The Morgan fingerprint density at radius 3 is 3.40 bits per heavy atom. The lowest BCUT2D eigenvalue weighted by molar-refractivity contribution is 0.411. The molecule has 0 aromatic heterocycles. The van der Waals surface area contributed by atoms with Crippen LogP contribution in [-0.4, -0.2) is 7.04 Å². The second-order valence-corrected chi connectivity index (χ2v) is 2.54. The van der Waals surface area contributed by atoms with Gasteiger partial charge in [0.15, 0.2) is 0 Å². The fourth-order valence-corrected chi connectivity index (χ4v) is 1.36. The molecule has 1 aromatic carbocycles. The van der Waals surface area contributed by atoms with E-state index in [2.05, 4.69) is 0 Å². The third-order valence-corrected chi connectivity index (χ3v) is 1.92. The number of methoxy groups -OCH3 is 1. The molecular formula is C9H10O. The van der Waals surface area contributed by atoms with Crippen molar-refractivity contribution in [3.63, 3.8) is 0 Å². The summed E-state index contributed by atoms with van der Waals surface area (Å²) in [6.07, 6.45) is 1.90. The highest BCUT2D eigenvalue weighted by molar-refractivity contribution is 5.41. The molecule has 0 radical (unpaired) electrons. The topological polar surface area (TPSA) is 9.23 Å². The molecule has 0 unspecified atom stereocenters. The lowest BCUT2D eigenvalue weighted by Gasteiger charge is -2.00. The van der Waals surface area contributed by atoms with E-state index in [1.54, 1.807) is 6.07 Å². The van der Waals surface area contributed by atoms with Crippen molar-refractivity contribution in [2.45, 2.75) is 12.8 Å². The third-order valence-electron chi connectivity index (χ3n) is 1.92. The van der Waals surface area contributed by atoms with Crippen LogP contribution in [0.1, 0.15) is 15.2 Å². The second kappa shape index (κ2) is 2.01. The van der Waals surface area contributed by atoms with Crippen LogP contribution >= 0.6 is 0 Å². The van der Waals surface area contributed by atoms with Crippen LogP contribution in [0.4, 0.5) is 0 Å². The van der Waals surface area contributed by atoms with E-state index in [1.807, 2.05) is 12.1 Å². The molecule has 2 bridgehead atoms. The van der Waals surface area contributed by atoms with Crippen LogP contribution in [0.2, 0.25) is 0 Å². The fraction of sp³-hybridized carbons (Fsp3) is 0.333. The molecule has 1 aliphatic carbocycles. The zero-order chi connectivity index (χ0) is 9.47. The van der Waals surface area contributed by atoms with Crippen molar-refractivity contribution >= 4 is 0 Å². The van der Waals surface area contributed by atoms with Crippen LogP contribution < -0.4 is 4.74 Å². The Balaban J connectivity index is 2.25. The van der Waals surface area contributed by atoms with Crippen molar-refractivity contribution < 1.29 is 8.85 Å². The van der Waals surface area contributed by atoms with E-state index in [1.165, 1.54) is 5.56 Å². The van der Waals surface area contributed by atoms with Gasteiger partial charge in [-0.15, -0.1) is 0 Å². The molecule has 0 atom stereocenters. The van der Waals surface area contributed by atoms with Gasteiger partial charge in [-0.25, -0.2) is 0 Å². The highest BCUT2D eigenvalue weighted by Gasteiger charge is 2.10. The first-order valence-electron chi connectivity index (χ1n) is 4.85. The Kier molecular flexibility index (Phi) is 0.688. The molecule has 52 valence electrons. The van der Waals surface area contributed by atoms with Gasteiger partial charge in [0.25, 0.3) is 0 Å². The molecule has 10 heavy (non-hydrogen) atoms. The number of fused-ring (bicyclic) bond motifs is 2. The quantitative estimate of drug-likeness (QED) is 0.573. The minimum absolute atomic E-state index is 0.501. The Labute approximate surface area is 64.8 Å². The van der Waals surface area contributed by atoms with Gasteiger partial charge in [-0.05, 0) is 30.0 Å². The minimum atomic E-state index is -2.33. The number of ether oxygens (including phenoxy) is 1. The van der Waals surface area contributed by atoms with Crippen molar-refractivity contribution in [2.75, 3.05) is 7.04 Å². The molecule has 2 rings (SSSR count). The van der Waals surface area contributed by atoms with Crippen molar-refractivity contribution in [3.05, 3.63) is 29.3 Å². The molecule has 1 aromatic rings. The predicted octanol–water partition coefficient (Wildman–Crippen LogP) is 1.79. The summed E-state index contributed by atoms with van der Waals surface area (Å²) in [6, 6.07) is 5.66. The summed E-state index contributed by atoms with van der Waals surface area (Å²) in [5, 5.41) is 0. The lowest BCUT2D eigenvalue weighted by Crippen LogP contribution is -1.85. The van der Waals surface area contributed by atoms with Crippen LogP contribution in [0.3, 0.4) is 0 Å². The van der Waals surface area contributed by atoms with Crippen LogP contribution in [0.25, 0.3) is 0 Å². The molecule has 0 fully saturated rings. The van der Waals surface area contributed by atoms with E-state index < -0.39 is 7.04 Å². The summed E-state index contributed by atoms with van der Waals surface area (Å²) in [6.45, 7) is 0. The standard InChI is InChI=1S/C9H10O/c1-10-9-5-3-7-2-4-8(9)6-7/h3,5-6H,2,4H2,1H3/i1D3. The number of hydrogen-bond acceptors (Lipinski definition) is 1. The van der Waals surface area contributed by atoms with Crippen LogP contribution in [0.15, 0.2) is 18.2 Å². The largest absolute Gasteiger partial charge is 0.496 e. The van der Waals surface area contributed by atoms with Gasteiger partial charge < -0.3 is 4.74 Å². The van der Waals surface area contributed by atoms with Crippen molar-refractivity contribution in [1.82, 2.24) is 0 Å². The maximum Gasteiger partial charge on any atom is 0.122 e. The molecule has 0 amide bonds. The Morgan fingerprint density at radius 2 is 2.50 bits per heavy atom. The Bertz CT molecular complexity index is 330. The van der Waals surface area contributed by atoms with Gasteiger partial charge in [0, 0.05) is 0 Å². The SMILES string of the molecule is [2H]C([2H])([2H])Oc1ccc2cc1CC2. The van der Waals surface area contributed by atoms with E-state index in [4.69, 9.17) is 8.85 Å². The van der Waals surface area contributed by atoms with E-state index >= 15 is 0 Å². The van der Waals surface area contributed by atoms with Crippen molar-refractivity contribution in [1.29, 1.82) is 0 Å². The van der Waals surface area contributed by atoms with Gasteiger partial charge >= 0.3 is 0 Å². The zero-order valence-electron chi connectivity index (χ0n) is 8.55. The molecule has 0 saturated carbocycles. The zero-order valence-corrected chi connectivity index (χ0v) is 5.55. The summed E-state index contributed by atoms with van der Waals surface area (Å²) in [4.78, 5) is 0. The molecule has 0 aliphatic heterocycles. The molecule has 1 heteroatoms. The summed E-state index contributed by atoms with van der Waals surface area (Å²) in [5.41, 5.74) is 2.27. The Hall–Kier alpha value is -0.980. The minimum Gasteiger partial charge on any atom is -0.496 e. The second-order valence-electron chi connectivity index (χ2n) is 2.54. The smallest absolute Gasteiger partial charge is 0.122 e. The molecule has 0 heterocycles. The van der Waals surface area contributed by atoms with Crippen LogP contribution in [0.5, 0.6) is 5.75 Å². The first-order valence-corrected chi connectivity index (χ1v) is 3.35. The average molecular weight is 137 g/mol. The fourth-order valence-electron chi connectivity index (χ4n) is 1.36. The van der Waals surface area contributed by atoms with E-state index in [-0.39, 0.29) is 0 Å². The van der Waals surface area contributed by atoms with E-state index in [0.717, 1.165) is 18.4 Å². The highest BCUT2D eigenvalue weighted by atomic mass is 16.5. The van der Waals surface area contributed by atoms with Gasteiger partial charge in [0.2, 0.25) is 0 Å². The monoisotopic (exact) mass is 137 g/mol. The van der Waals surface area contributed by atoms with Crippen LogP contribution in [-0.2, 0) is 12.8 Å². The average Bonchev–Trinajstić information content (AvgIpc) is 2.37. The third kappa shape index (κ3) is 0.703. The number of hydrogen-bond donors (Lipinski definition) is 0. The van der Waals surface area contributed by atoms with Gasteiger partial charge in [-0.3, -0.25) is 0 Å². The number of benzene rings is 1. The van der Waals surface area contributed by atoms with E-state index in [9.17, 15) is 0 Å². The van der Waals surface area contributed by atoms with Crippen molar-refractivity contribution in [2.24, 2.45) is 0 Å². The summed E-state index contributed by atoms with van der Waals surface area (Å²) < 4.78 is 25.8. The molecule has 1 aliphatic rings. The van der Waals surface area contributed by atoms with Gasteiger partial charge in [0.05, 0.1) is 11.2 Å². The van der Waals surface area contributed by atoms with Crippen LogP contribution in [0, 0.1) is 0 Å². The molecule has 0 spiro atoms. The number of rotatable bonds is 1. The highest BCUT2D eigenvalue weighted by Crippen LogP contribution is 2.26. The van der Waals surface area contributed by atoms with Gasteiger partial charge in [-0.1, -0.05) is 12.1 Å². The molecule has 1 nitrogen and oxygen atoms in total. The van der Waals surface area contributed by atoms with Gasteiger partial charge in [-0.2, -0.15) is 0 Å². The maximum atomic E-state index is 6.97. The van der Waals surface area contributed by atoms with Crippen molar-refractivity contribution in [3.8, 4) is 5.75 Å². The predicted molar refractivity (Wildman–Crippen MR) is 40.4 cm³/mol. The first kappa shape index (κ1) is 3.42.